The minimum absolute atomic E-state index is 0.0369. The molecule has 1 unspecified atom stereocenters. The van der Waals surface area contributed by atoms with Crippen molar-refractivity contribution in [3.05, 3.63) is 56.4 Å². The Morgan fingerprint density at radius 1 is 1.29 bits per heavy atom. The summed E-state index contributed by atoms with van der Waals surface area (Å²) in [4.78, 5) is 1.15. The molecule has 1 aromatic carbocycles. The highest BCUT2D eigenvalue weighted by Gasteiger charge is 2.15. The Bertz CT molecular complexity index is 484. The van der Waals surface area contributed by atoms with Crippen LogP contribution in [0.4, 0.5) is 4.39 Å². The first-order chi connectivity index (χ1) is 8.20. The second-order valence-electron chi connectivity index (χ2n) is 3.68. The van der Waals surface area contributed by atoms with Gasteiger partial charge in [0.05, 0.1) is 6.04 Å². The lowest BCUT2D eigenvalue weighted by Gasteiger charge is -2.15. The molecule has 3 N–H and O–H groups in total. The standard InChI is InChI=1S/C12H12BrFN2S/c13-10-5-6-17-12(10)11(16-15)7-8-1-3-9(14)4-2-8/h1-6,11,16H,7,15H2. The van der Waals surface area contributed by atoms with Crippen molar-refractivity contribution in [3.8, 4) is 0 Å². The molecule has 0 spiro atoms. The summed E-state index contributed by atoms with van der Waals surface area (Å²) >= 11 is 5.13. The van der Waals surface area contributed by atoms with Gasteiger partial charge in [0, 0.05) is 9.35 Å². The lowest BCUT2D eigenvalue weighted by atomic mass is 10.1. The molecule has 0 aliphatic carbocycles. The van der Waals surface area contributed by atoms with E-state index in [9.17, 15) is 4.39 Å². The fraction of sp³-hybridized carbons (Fsp3) is 0.167. The molecule has 2 rings (SSSR count). The van der Waals surface area contributed by atoms with Crippen LogP contribution in [0.2, 0.25) is 0 Å². The minimum atomic E-state index is -0.219. The van der Waals surface area contributed by atoms with Crippen LogP contribution in [0.3, 0.4) is 0 Å². The smallest absolute Gasteiger partial charge is 0.123 e. The van der Waals surface area contributed by atoms with Gasteiger partial charge < -0.3 is 0 Å². The van der Waals surface area contributed by atoms with E-state index in [2.05, 4.69) is 21.4 Å². The summed E-state index contributed by atoms with van der Waals surface area (Å²) in [5, 5.41) is 2.01. The van der Waals surface area contributed by atoms with Crippen LogP contribution in [0.15, 0.2) is 40.2 Å². The molecule has 1 aromatic heterocycles. The van der Waals surface area contributed by atoms with Crippen molar-refractivity contribution in [1.82, 2.24) is 5.43 Å². The van der Waals surface area contributed by atoms with Gasteiger partial charge in [-0.15, -0.1) is 11.3 Å². The van der Waals surface area contributed by atoms with E-state index in [0.717, 1.165) is 21.3 Å². The molecule has 0 saturated heterocycles. The lowest BCUT2D eigenvalue weighted by Crippen LogP contribution is -2.29. The molecule has 2 nitrogen and oxygen atoms in total. The second-order valence-corrected chi connectivity index (χ2v) is 5.48. The number of nitrogens with two attached hydrogens (primary N) is 1. The van der Waals surface area contributed by atoms with Gasteiger partial charge in [-0.2, -0.15) is 0 Å². The first-order valence-corrected chi connectivity index (χ1v) is 6.81. The number of hydrogen-bond donors (Lipinski definition) is 2. The highest BCUT2D eigenvalue weighted by molar-refractivity contribution is 9.10. The Morgan fingerprint density at radius 3 is 2.53 bits per heavy atom. The van der Waals surface area contributed by atoms with E-state index in [4.69, 9.17) is 5.84 Å². The summed E-state index contributed by atoms with van der Waals surface area (Å²) in [5.41, 5.74) is 3.85. The van der Waals surface area contributed by atoms with Gasteiger partial charge in [0.2, 0.25) is 0 Å². The van der Waals surface area contributed by atoms with E-state index in [-0.39, 0.29) is 11.9 Å². The first kappa shape index (κ1) is 12.7. The summed E-state index contributed by atoms with van der Waals surface area (Å²) in [6, 6.07) is 8.52. The molecule has 2 aromatic rings. The van der Waals surface area contributed by atoms with E-state index in [0.29, 0.717) is 0 Å². The van der Waals surface area contributed by atoms with Crippen LogP contribution < -0.4 is 11.3 Å². The molecule has 0 aliphatic rings. The third-order valence-electron chi connectivity index (χ3n) is 2.52. The summed E-state index contributed by atoms with van der Waals surface area (Å²) < 4.78 is 13.8. The van der Waals surface area contributed by atoms with Crippen LogP contribution in [0.1, 0.15) is 16.5 Å². The zero-order chi connectivity index (χ0) is 12.3. The van der Waals surface area contributed by atoms with Crippen LogP contribution in [0.5, 0.6) is 0 Å². The number of hydrazine groups is 1. The van der Waals surface area contributed by atoms with Crippen LogP contribution in [0.25, 0.3) is 0 Å². The molecule has 0 radical (unpaired) electrons. The normalized spacial score (nSPS) is 12.6. The molecular formula is C12H12BrFN2S. The molecule has 0 amide bonds. The van der Waals surface area contributed by atoms with E-state index < -0.39 is 0 Å². The van der Waals surface area contributed by atoms with E-state index in [1.807, 2.05) is 11.4 Å². The largest absolute Gasteiger partial charge is 0.271 e. The molecule has 90 valence electrons. The average molecular weight is 315 g/mol. The zero-order valence-corrected chi connectivity index (χ0v) is 11.4. The number of nitrogens with one attached hydrogen (secondary N) is 1. The molecule has 17 heavy (non-hydrogen) atoms. The molecule has 5 heteroatoms. The van der Waals surface area contributed by atoms with Crippen LogP contribution in [0, 0.1) is 5.82 Å². The second kappa shape index (κ2) is 5.73. The van der Waals surface area contributed by atoms with Crippen LogP contribution >= 0.6 is 27.3 Å². The highest BCUT2D eigenvalue weighted by atomic mass is 79.9. The van der Waals surface area contributed by atoms with Crippen LogP contribution in [-0.4, -0.2) is 0 Å². The fourth-order valence-corrected chi connectivity index (χ4v) is 3.35. The van der Waals surface area contributed by atoms with Crippen molar-refractivity contribution >= 4 is 27.3 Å². The van der Waals surface area contributed by atoms with Crippen molar-refractivity contribution in [2.45, 2.75) is 12.5 Å². The Kier molecular flexibility index (Phi) is 4.28. The van der Waals surface area contributed by atoms with E-state index in [1.165, 1.54) is 12.1 Å². The van der Waals surface area contributed by atoms with Gasteiger partial charge in [-0.1, -0.05) is 12.1 Å². The van der Waals surface area contributed by atoms with E-state index in [1.54, 1.807) is 23.5 Å². The monoisotopic (exact) mass is 314 g/mol. The molecule has 1 atom stereocenters. The highest BCUT2D eigenvalue weighted by Crippen LogP contribution is 2.30. The zero-order valence-electron chi connectivity index (χ0n) is 8.99. The van der Waals surface area contributed by atoms with Crippen molar-refractivity contribution in [2.75, 3.05) is 0 Å². The van der Waals surface area contributed by atoms with Gasteiger partial charge in [0.15, 0.2) is 0 Å². The molecule has 0 fully saturated rings. The fourth-order valence-electron chi connectivity index (χ4n) is 1.64. The predicted molar refractivity (Wildman–Crippen MR) is 72.2 cm³/mol. The maximum absolute atomic E-state index is 12.8. The summed E-state index contributed by atoms with van der Waals surface area (Å²) in [6.45, 7) is 0. The van der Waals surface area contributed by atoms with Gasteiger partial charge in [0.1, 0.15) is 5.82 Å². The predicted octanol–water partition coefficient (Wildman–Crippen LogP) is 3.40. The molecule has 0 bridgehead atoms. The molecular weight excluding hydrogens is 303 g/mol. The maximum Gasteiger partial charge on any atom is 0.123 e. The molecule has 1 heterocycles. The van der Waals surface area contributed by atoms with Crippen LogP contribution in [-0.2, 0) is 6.42 Å². The third kappa shape index (κ3) is 3.13. The average Bonchev–Trinajstić information content (AvgIpc) is 2.75. The number of thiophene rings is 1. The number of rotatable bonds is 4. The SMILES string of the molecule is NNC(Cc1ccc(F)cc1)c1sccc1Br. The Labute approximate surface area is 112 Å². The van der Waals surface area contributed by atoms with Gasteiger partial charge in [-0.25, -0.2) is 4.39 Å². The Morgan fingerprint density at radius 2 is 2.00 bits per heavy atom. The summed E-state index contributed by atoms with van der Waals surface area (Å²) in [7, 11) is 0. The Hall–Kier alpha value is -0.750. The van der Waals surface area contributed by atoms with Gasteiger partial charge in [-0.3, -0.25) is 11.3 Å². The third-order valence-corrected chi connectivity index (χ3v) is 4.50. The lowest BCUT2D eigenvalue weighted by molar-refractivity contribution is 0.557. The van der Waals surface area contributed by atoms with Gasteiger partial charge >= 0.3 is 0 Å². The quantitative estimate of drug-likeness (QED) is 0.670. The molecule has 0 saturated carbocycles. The molecule has 0 aliphatic heterocycles. The Balaban J connectivity index is 2.16. The first-order valence-electron chi connectivity index (χ1n) is 5.14. The van der Waals surface area contributed by atoms with Crippen molar-refractivity contribution in [2.24, 2.45) is 5.84 Å². The number of hydrogen-bond acceptors (Lipinski definition) is 3. The van der Waals surface area contributed by atoms with Crippen molar-refractivity contribution < 1.29 is 4.39 Å². The van der Waals surface area contributed by atoms with E-state index >= 15 is 0 Å². The van der Waals surface area contributed by atoms with Crippen molar-refractivity contribution in [1.29, 1.82) is 0 Å². The number of benzene rings is 1. The summed E-state index contributed by atoms with van der Waals surface area (Å²) in [6.07, 6.45) is 0.732. The number of halogens is 2. The van der Waals surface area contributed by atoms with Gasteiger partial charge in [0.25, 0.3) is 0 Å². The topological polar surface area (TPSA) is 38.0 Å². The summed E-state index contributed by atoms with van der Waals surface area (Å²) in [5.74, 6) is 5.35. The minimum Gasteiger partial charge on any atom is -0.271 e. The van der Waals surface area contributed by atoms with Crippen molar-refractivity contribution in [3.63, 3.8) is 0 Å². The maximum atomic E-state index is 12.8. The van der Waals surface area contributed by atoms with Gasteiger partial charge in [-0.05, 0) is 51.5 Å².